The molecule has 1 aromatic carbocycles. The van der Waals surface area contributed by atoms with Crippen molar-refractivity contribution in [1.82, 2.24) is 10.2 Å². The number of amides is 1. The first-order chi connectivity index (χ1) is 10.9. The average molecular weight is 378 g/mol. The number of nitrogens with one attached hydrogen (secondary N) is 1. The number of allylic oxidation sites excluding steroid dienone is 1. The Hall–Kier alpha value is -1.67. The summed E-state index contributed by atoms with van der Waals surface area (Å²) in [5.41, 5.74) is 0.532. The summed E-state index contributed by atoms with van der Waals surface area (Å²) in [4.78, 5) is 19.1. The Kier molecular flexibility index (Phi) is 5.49. The fourth-order valence-corrected chi connectivity index (χ4v) is 3.54. The summed E-state index contributed by atoms with van der Waals surface area (Å²) >= 11 is 1.30. The molecule has 9 heteroatoms. The van der Waals surface area contributed by atoms with Gasteiger partial charge in [-0.3, -0.25) is 9.79 Å². The highest BCUT2D eigenvalue weighted by atomic mass is 35.5. The first-order valence-electron chi connectivity index (χ1n) is 7.01. The second kappa shape index (κ2) is 7.06. The summed E-state index contributed by atoms with van der Waals surface area (Å²) in [6.07, 6.45) is -4.39. The van der Waals surface area contributed by atoms with Gasteiger partial charge >= 0.3 is 6.18 Å². The van der Waals surface area contributed by atoms with Crippen LogP contribution in [-0.4, -0.2) is 29.1 Å². The van der Waals surface area contributed by atoms with Crippen LogP contribution in [0.15, 0.2) is 39.9 Å². The zero-order chi connectivity index (χ0) is 16.6. The molecule has 0 atom stereocenters. The van der Waals surface area contributed by atoms with Crippen LogP contribution >= 0.6 is 24.2 Å². The van der Waals surface area contributed by atoms with Crippen molar-refractivity contribution in [3.05, 3.63) is 46.0 Å². The van der Waals surface area contributed by atoms with Gasteiger partial charge in [0, 0.05) is 18.8 Å². The predicted octanol–water partition coefficient (Wildman–Crippen LogP) is 3.39. The second-order valence-electron chi connectivity index (χ2n) is 5.21. The van der Waals surface area contributed by atoms with Crippen LogP contribution in [0, 0.1) is 0 Å². The van der Waals surface area contributed by atoms with Crippen LogP contribution in [0.1, 0.15) is 18.1 Å². The number of carbonyl (C=O) groups excluding carboxylic acids is 1. The van der Waals surface area contributed by atoms with E-state index in [0.717, 1.165) is 36.1 Å². The molecule has 0 fully saturated rings. The van der Waals surface area contributed by atoms with E-state index in [-0.39, 0.29) is 24.9 Å². The van der Waals surface area contributed by atoms with Gasteiger partial charge in [0.15, 0.2) is 5.17 Å². The molecule has 2 heterocycles. The molecule has 0 spiro atoms. The van der Waals surface area contributed by atoms with Crippen molar-refractivity contribution in [2.24, 2.45) is 4.99 Å². The highest BCUT2D eigenvalue weighted by molar-refractivity contribution is 8.18. The lowest BCUT2D eigenvalue weighted by atomic mass is 10.1. The van der Waals surface area contributed by atoms with Crippen molar-refractivity contribution in [3.63, 3.8) is 0 Å². The smallest absolute Gasteiger partial charge is 0.347 e. The minimum Gasteiger partial charge on any atom is -0.347 e. The van der Waals surface area contributed by atoms with Crippen molar-refractivity contribution >= 4 is 35.2 Å². The van der Waals surface area contributed by atoms with Crippen LogP contribution in [0.5, 0.6) is 0 Å². The highest BCUT2D eigenvalue weighted by Gasteiger charge is 2.33. The van der Waals surface area contributed by atoms with E-state index < -0.39 is 11.7 Å². The summed E-state index contributed by atoms with van der Waals surface area (Å²) in [7, 11) is 0. The van der Waals surface area contributed by atoms with Crippen molar-refractivity contribution < 1.29 is 18.0 Å². The molecular weight excluding hydrogens is 363 g/mol. The topological polar surface area (TPSA) is 44.7 Å². The number of benzene rings is 1. The summed E-state index contributed by atoms with van der Waals surface area (Å²) in [6, 6.07) is 4.95. The Morgan fingerprint density at radius 3 is 2.83 bits per heavy atom. The van der Waals surface area contributed by atoms with Crippen molar-refractivity contribution in [2.75, 3.05) is 13.1 Å². The van der Waals surface area contributed by atoms with Crippen LogP contribution < -0.4 is 5.32 Å². The van der Waals surface area contributed by atoms with Gasteiger partial charge in [0.1, 0.15) is 0 Å². The van der Waals surface area contributed by atoms with Gasteiger partial charge in [0.25, 0.3) is 5.91 Å². The number of amidine groups is 1. The number of rotatable bonds is 3. The number of aliphatic imine (C=N–C) groups is 1. The molecule has 0 radical (unpaired) electrons. The molecule has 0 aliphatic carbocycles. The van der Waals surface area contributed by atoms with Crippen LogP contribution in [0.2, 0.25) is 0 Å². The van der Waals surface area contributed by atoms with Crippen LogP contribution in [0.3, 0.4) is 0 Å². The molecular formula is C15H15ClF3N3OS. The van der Waals surface area contributed by atoms with Gasteiger partial charge in [-0.2, -0.15) is 13.2 Å². The van der Waals surface area contributed by atoms with Gasteiger partial charge < -0.3 is 10.2 Å². The summed E-state index contributed by atoms with van der Waals surface area (Å²) in [5.74, 6) is -0.290. The third-order valence-corrected chi connectivity index (χ3v) is 4.86. The zero-order valence-electron chi connectivity index (χ0n) is 12.7. The normalized spacial score (nSPS) is 16.7. The van der Waals surface area contributed by atoms with E-state index in [4.69, 9.17) is 0 Å². The van der Waals surface area contributed by atoms with Crippen LogP contribution in [0.25, 0.3) is 0 Å². The van der Waals surface area contributed by atoms with Crippen molar-refractivity contribution in [2.45, 2.75) is 19.6 Å². The quantitative estimate of drug-likeness (QED) is 0.878. The Morgan fingerprint density at radius 1 is 1.42 bits per heavy atom. The van der Waals surface area contributed by atoms with Gasteiger partial charge in [-0.1, -0.05) is 12.1 Å². The minimum absolute atomic E-state index is 0. The van der Waals surface area contributed by atoms with Crippen LogP contribution in [-0.2, 0) is 17.5 Å². The van der Waals surface area contributed by atoms with Crippen LogP contribution in [0.4, 0.5) is 13.2 Å². The van der Waals surface area contributed by atoms with Gasteiger partial charge in [0.2, 0.25) is 0 Å². The molecule has 1 N–H and O–H groups in total. The number of fused-ring (bicyclic) bond motifs is 1. The molecule has 0 unspecified atom stereocenters. The van der Waals surface area contributed by atoms with E-state index >= 15 is 0 Å². The number of hydrogen-bond acceptors (Lipinski definition) is 4. The maximum absolute atomic E-state index is 12.7. The maximum Gasteiger partial charge on any atom is 0.416 e. The van der Waals surface area contributed by atoms with Crippen molar-refractivity contribution in [3.8, 4) is 0 Å². The number of hydrogen-bond donors (Lipinski definition) is 1. The summed E-state index contributed by atoms with van der Waals surface area (Å²) in [5, 5.41) is 3.48. The molecule has 2 aliphatic heterocycles. The van der Waals surface area contributed by atoms with Gasteiger partial charge in [0.05, 0.1) is 17.0 Å². The third kappa shape index (κ3) is 3.70. The minimum atomic E-state index is -4.39. The number of thioether (sulfide) groups is 1. The number of alkyl halides is 3. The molecule has 3 rings (SSSR count). The first-order valence-corrected chi connectivity index (χ1v) is 7.83. The Bertz CT molecular complexity index is 718. The molecule has 1 aromatic rings. The number of nitrogens with zero attached hydrogens (tertiary/aromatic N) is 2. The fraction of sp³-hybridized carbons (Fsp3) is 0.333. The number of carbonyl (C=O) groups is 1. The Morgan fingerprint density at radius 2 is 2.17 bits per heavy atom. The summed E-state index contributed by atoms with van der Waals surface area (Å²) < 4.78 is 38.0. The van der Waals surface area contributed by atoms with Gasteiger partial charge in [-0.15, -0.1) is 12.4 Å². The molecule has 1 amide bonds. The summed E-state index contributed by atoms with van der Waals surface area (Å²) in [6.45, 7) is 3.38. The Labute approximate surface area is 147 Å². The number of halogens is 4. The maximum atomic E-state index is 12.7. The van der Waals surface area contributed by atoms with E-state index in [9.17, 15) is 18.0 Å². The molecule has 24 heavy (non-hydrogen) atoms. The van der Waals surface area contributed by atoms with Gasteiger partial charge in [-0.05, 0) is 36.4 Å². The van der Waals surface area contributed by atoms with E-state index in [1.54, 1.807) is 6.07 Å². The zero-order valence-corrected chi connectivity index (χ0v) is 14.3. The lowest BCUT2D eigenvalue weighted by molar-refractivity contribution is -0.137. The van der Waals surface area contributed by atoms with E-state index in [1.807, 2.05) is 11.8 Å². The predicted molar refractivity (Wildman–Crippen MR) is 89.8 cm³/mol. The second-order valence-corrected chi connectivity index (χ2v) is 6.19. The van der Waals surface area contributed by atoms with E-state index in [0.29, 0.717) is 10.5 Å². The molecule has 0 bridgehead atoms. The monoisotopic (exact) mass is 377 g/mol. The Balaban J connectivity index is 0.00000208. The highest BCUT2D eigenvalue weighted by Crippen LogP contribution is 2.36. The molecule has 130 valence electrons. The molecule has 0 aromatic heterocycles. The molecule has 0 saturated heterocycles. The molecule has 4 nitrogen and oxygen atoms in total. The SMILES string of the molecule is CC1=C(C(=O)NCc2cccc(C(F)(F)F)c2)SC2=NCCN21.Cl. The molecule has 2 aliphatic rings. The largest absolute Gasteiger partial charge is 0.416 e. The lowest BCUT2D eigenvalue weighted by Gasteiger charge is -2.12. The standard InChI is InChI=1S/C15H14F3N3OS.ClH/c1-9-12(23-14-19-5-6-21(9)14)13(22)20-8-10-3-2-4-11(7-10)15(16,17)18;/h2-4,7H,5-6,8H2,1H3,(H,20,22);1H. The van der Waals surface area contributed by atoms with Gasteiger partial charge in [-0.25, -0.2) is 0 Å². The van der Waals surface area contributed by atoms with Crippen molar-refractivity contribution in [1.29, 1.82) is 0 Å². The van der Waals surface area contributed by atoms with E-state index in [2.05, 4.69) is 10.3 Å². The first kappa shape index (κ1) is 18.7. The fourth-order valence-electron chi connectivity index (χ4n) is 2.44. The third-order valence-electron chi connectivity index (χ3n) is 3.64. The van der Waals surface area contributed by atoms with E-state index in [1.165, 1.54) is 17.8 Å². The lowest BCUT2D eigenvalue weighted by Crippen LogP contribution is -2.24. The average Bonchev–Trinajstić information content (AvgIpc) is 3.08. The molecule has 0 saturated carbocycles.